The van der Waals surface area contributed by atoms with E-state index in [2.05, 4.69) is 42.2 Å². The third-order valence-electron chi connectivity index (χ3n) is 3.59. The maximum absolute atomic E-state index is 9.35. The van der Waals surface area contributed by atoms with Gasteiger partial charge < -0.3 is 4.90 Å². The first-order valence-corrected chi connectivity index (χ1v) is 6.79. The molecule has 2 aromatic carbocycles. The molecule has 3 heteroatoms. The van der Waals surface area contributed by atoms with Crippen LogP contribution in [0.5, 0.6) is 0 Å². The summed E-state index contributed by atoms with van der Waals surface area (Å²) in [5, 5.41) is 10.2. The lowest BCUT2D eigenvalue weighted by atomic mass is 10.1. The Morgan fingerprint density at radius 1 is 1.05 bits per heavy atom. The lowest BCUT2D eigenvalue weighted by molar-refractivity contribution is 1.14. The van der Waals surface area contributed by atoms with E-state index in [1.807, 2.05) is 42.3 Å². The molecular weight excluding hydrogens is 258 g/mol. The number of benzene rings is 2. The van der Waals surface area contributed by atoms with Crippen LogP contribution in [0.15, 0.2) is 54.6 Å². The van der Waals surface area contributed by atoms with Gasteiger partial charge in [0.15, 0.2) is 0 Å². The minimum atomic E-state index is 0.648. The highest BCUT2D eigenvalue weighted by molar-refractivity contribution is 5.87. The summed E-state index contributed by atoms with van der Waals surface area (Å²) >= 11 is 0. The standard InChI is InChI=1S/C18H15N3/c1-13-7-9-15(10-8-13)21(2)18-11-14(12-19)16-5-3-4-6-17(16)20-18/h3-11H,1-2H3. The van der Waals surface area contributed by atoms with E-state index < -0.39 is 0 Å². The summed E-state index contributed by atoms with van der Waals surface area (Å²) in [6, 6.07) is 20.1. The molecule has 0 aliphatic rings. The summed E-state index contributed by atoms with van der Waals surface area (Å²) in [7, 11) is 1.96. The molecule has 0 amide bonds. The fourth-order valence-corrected chi connectivity index (χ4v) is 2.33. The number of pyridine rings is 1. The predicted octanol–water partition coefficient (Wildman–Crippen LogP) is 4.18. The summed E-state index contributed by atoms with van der Waals surface area (Å²) < 4.78 is 0. The van der Waals surface area contributed by atoms with E-state index >= 15 is 0 Å². The second-order valence-corrected chi connectivity index (χ2v) is 5.05. The monoisotopic (exact) mass is 273 g/mol. The molecule has 0 atom stereocenters. The van der Waals surface area contributed by atoms with Crippen LogP contribution in [0.4, 0.5) is 11.5 Å². The minimum Gasteiger partial charge on any atom is -0.329 e. The maximum Gasteiger partial charge on any atom is 0.134 e. The van der Waals surface area contributed by atoms with Crippen molar-refractivity contribution < 1.29 is 0 Å². The van der Waals surface area contributed by atoms with Crippen LogP contribution in [0.2, 0.25) is 0 Å². The average molecular weight is 273 g/mol. The van der Waals surface area contributed by atoms with Crippen LogP contribution >= 0.6 is 0 Å². The zero-order valence-electron chi connectivity index (χ0n) is 12.0. The van der Waals surface area contributed by atoms with E-state index in [1.165, 1.54) is 5.56 Å². The molecule has 0 N–H and O–H groups in total. The van der Waals surface area contributed by atoms with Gasteiger partial charge in [-0.3, -0.25) is 0 Å². The van der Waals surface area contributed by atoms with Crippen LogP contribution in [-0.4, -0.2) is 12.0 Å². The fourth-order valence-electron chi connectivity index (χ4n) is 2.33. The molecular formula is C18H15N3. The van der Waals surface area contributed by atoms with Crippen LogP contribution in [0.25, 0.3) is 10.9 Å². The number of para-hydroxylation sites is 1. The molecule has 3 rings (SSSR count). The van der Waals surface area contributed by atoms with Gasteiger partial charge in [-0.25, -0.2) is 4.98 Å². The SMILES string of the molecule is Cc1ccc(N(C)c2cc(C#N)c3ccccc3n2)cc1. The number of aromatic nitrogens is 1. The van der Waals surface area contributed by atoms with Crippen molar-refractivity contribution in [1.82, 2.24) is 4.98 Å². The first-order valence-electron chi connectivity index (χ1n) is 6.79. The summed E-state index contributed by atoms with van der Waals surface area (Å²) in [4.78, 5) is 6.65. The van der Waals surface area contributed by atoms with Crippen LogP contribution in [0.3, 0.4) is 0 Å². The van der Waals surface area contributed by atoms with Gasteiger partial charge in [0.05, 0.1) is 17.1 Å². The lowest BCUT2D eigenvalue weighted by Gasteiger charge is -2.19. The Morgan fingerprint density at radius 2 is 1.76 bits per heavy atom. The Balaban J connectivity index is 2.12. The third kappa shape index (κ3) is 2.44. The van der Waals surface area contributed by atoms with E-state index in [0.29, 0.717) is 5.56 Å². The van der Waals surface area contributed by atoms with Crippen molar-refractivity contribution >= 4 is 22.4 Å². The van der Waals surface area contributed by atoms with E-state index in [4.69, 9.17) is 0 Å². The largest absolute Gasteiger partial charge is 0.329 e. The summed E-state index contributed by atoms with van der Waals surface area (Å²) in [5.41, 5.74) is 3.75. The number of rotatable bonds is 2. The van der Waals surface area contributed by atoms with Gasteiger partial charge in [-0.2, -0.15) is 5.26 Å². The number of aryl methyl sites for hydroxylation is 1. The van der Waals surface area contributed by atoms with Gasteiger partial charge in [0, 0.05) is 18.1 Å². The van der Waals surface area contributed by atoms with Gasteiger partial charge in [0.2, 0.25) is 0 Å². The number of hydrogen-bond acceptors (Lipinski definition) is 3. The Kier molecular flexibility index (Phi) is 3.29. The molecule has 3 aromatic rings. The Labute approximate surface area is 124 Å². The van der Waals surface area contributed by atoms with Crippen LogP contribution in [0.1, 0.15) is 11.1 Å². The summed E-state index contributed by atoms with van der Waals surface area (Å²) in [5.74, 6) is 0.772. The fraction of sp³-hybridized carbons (Fsp3) is 0.111. The topological polar surface area (TPSA) is 39.9 Å². The van der Waals surface area contributed by atoms with E-state index in [-0.39, 0.29) is 0 Å². The molecule has 0 saturated heterocycles. The Morgan fingerprint density at radius 3 is 2.48 bits per heavy atom. The molecule has 0 spiro atoms. The molecule has 1 heterocycles. The van der Waals surface area contributed by atoms with Gasteiger partial charge in [-0.15, -0.1) is 0 Å². The van der Waals surface area contributed by atoms with Crippen molar-refractivity contribution in [2.24, 2.45) is 0 Å². The van der Waals surface area contributed by atoms with Gasteiger partial charge >= 0.3 is 0 Å². The molecule has 3 nitrogen and oxygen atoms in total. The van der Waals surface area contributed by atoms with Crippen molar-refractivity contribution in [3.05, 3.63) is 65.7 Å². The molecule has 1 aromatic heterocycles. The third-order valence-corrected chi connectivity index (χ3v) is 3.59. The summed E-state index contributed by atoms with van der Waals surface area (Å²) in [6.45, 7) is 2.06. The van der Waals surface area contributed by atoms with Gasteiger partial charge in [-0.05, 0) is 31.2 Å². The normalized spacial score (nSPS) is 10.3. The van der Waals surface area contributed by atoms with Crippen molar-refractivity contribution in [1.29, 1.82) is 5.26 Å². The lowest BCUT2D eigenvalue weighted by Crippen LogP contribution is -2.11. The average Bonchev–Trinajstić information content (AvgIpc) is 2.53. The maximum atomic E-state index is 9.35. The van der Waals surface area contributed by atoms with Crippen molar-refractivity contribution in [3.8, 4) is 6.07 Å². The van der Waals surface area contributed by atoms with Crippen LogP contribution in [-0.2, 0) is 0 Å². The first-order chi connectivity index (χ1) is 10.2. The van der Waals surface area contributed by atoms with Crippen molar-refractivity contribution in [2.75, 3.05) is 11.9 Å². The van der Waals surface area contributed by atoms with E-state index in [1.54, 1.807) is 0 Å². The number of anilines is 2. The molecule has 0 fully saturated rings. The van der Waals surface area contributed by atoms with E-state index in [9.17, 15) is 5.26 Å². The molecule has 0 aliphatic heterocycles. The van der Waals surface area contributed by atoms with Crippen molar-refractivity contribution in [2.45, 2.75) is 6.92 Å². The quantitative estimate of drug-likeness (QED) is 0.703. The van der Waals surface area contributed by atoms with Gasteiger partial charge in [0.25, 0.3) is 0 Å². The number of nitriles is 1. The molecule has 0 aliphatic carbocycles. The highest BCUT2D eigenvalue weighted by Crippen LogP contribution is 2.26. The first kappa shape index (κ1) is 13.1. The zero-order chi connectivity index (χ0) is 14.8. The predicted molar refractivity (Wildman–Crippen MR) is 85.7 cm³/mol. The minimum absolute atomic E-state index is 0.648. The van der Waals surface area contributed by atoms with Crippen molar-refractivity contribution in [3.63, 3.8) is 0 Å². The molecule has 0 unspecified atom stereocenters. The van der Waals surface area contributed by atoms with E-state index in [0.717, 1.165) is 22.4 Å². The second-order valence-electron chi connectivity index (χ2n) is 5.05. The zero-order valence-corrected chi connectivity index (χ0v) is 12.0. The highest BCUT2D eigenvalue weighted by Gasteiger charge is 2.10. The molecule has 0 radical (unpaired) electrons. The Bertz CT molecular complexity index is 829. The molecule has 0 saturated carbocycles. The van der Waals surface area contributed by atoms with Crippen LogP contribution < -0.4 is 4.90 Å². The smallest absolute Gasteiger partial charge is 0.134 e. The number of fused-ring (bicyclic) bond motifs is 1. The summed E-state index contributed by atoms with van der Waals surface area (Å²) in [6.07, 6.45) is 0. The second kappa shape index (κ2) is 5.26. The molecule has 0 bridgehead atoms. The highest BCUT2D eigenvalue weighted by atomic mass is 15.2. The number of nitrogens with zero attached hydrogens (tertiary/aromatic N) is 3. The van der Waals surface area contributed by atoms with Gasteiger partial charge in [0.1, 0.15) is 5.82 Å². The van der Waals surface area contributed by atoms with Gasteiger partial charge in [-0.1, -0.05) is 35.9 Å². The number of hydrogen-bond donors (Lipinski definition) is 0. The molecule has 102 valence electrons. The van der Waals surface area contributed by atoms with Crippen LogP contribution in [0, 0.1) is 18.3 Å². The molecule has 21 heavy (non-hydrogen) atoms. The Hall–Kier alpha value is -2.86.